The zero-order valence-electron chi connectivity index (χ0n) is 12.6. The van der Waals surface area contributed by atoms with Gasteiger partial charge in [-0.1, -0.05) is 6.07 Å². The van der Waals surface area contributed by atoms with Crippen LogP contribution in [-0.4, -0.2) is 25.2 Å². The fraction of sp³-hybridized carbons (Fsp3) is 0.125. The molecule has 0 aliphatic heterocycles. The van der Waals surface area contributed by atoms with Gasteiger partial charge in [0.25, 0.3) is 5.91 Å². The minimum absolute atomic E-state index is 0.198. The van der Waals surface area contributed by atoms with E-state index in [-0.39, 0.29) is 5.11 Å². The number of rotatable bonds is 4. The van der Waals surface area contributed by atoms with Crippen LogP contribution in [0.5, 0.6) is 11.5 Å². The van der Waals surface area contributed by atoms with Gasteiger partial charge in [-0.3, -0.25) is 10.1 Å². The molecule has 5 nitrogen and oxygen atoms in total. The van der Waals surface area contributed by atoms with Crippen LogP contribution in [0.25, 0.3) is 0 Å². The fourth-order valence-electron chi connectivity index (χ4n) is 1.94. The molecule has 0 spiro atoms. The maximum absolute atomic E-state index is 12.5. The average Bonchev–Trinajstić information content (AvgIpc) is 2.55. The van der Waals surface area contributed by atoms with Gasteiger partial charge in [0.15, 0.2) is 5.11 Å². The van der Waals surface area contributed by atoms with E-state index in [1.54, 1.807) is 18.2 Å². The Kier molecular flexibility index (Phi) is 6.17. The van der Waals surface area contributed by atoms with Gasteiger partial charge in [0.2, 0.25) is 0 Å². The van der Waals surface area contributed by atoms with E-state index in [1.165, 1.54) is 14.2 Å². The van der Waals surface area contributed by atoms with Crippen LogP contribution in [0, 0.1) is 3.57 Å². The molecule has 0 bridgehead atoms. The van der Waals surface area contributed by atoms with E-state index in [1.807, 2.05) is 24.3 Å². The second-order valence-corrected chi connectivity index (χ2v) is 6.11. The zero-order chi connectivity index (χ0) is 16.8. The molecule has 2 aromatic rings. The summed E-state index contributed by atoms with van der Waals surface area (Å²) in [4.78, 5) is 12.5. The summed E-state index contributed by atoms with van der Waals surface area (Å²) in [6.45, 7) is 0. The molecule has 0 aliphatic rings. The van der Waals surface area contributed by atoms with E-state index in [2.05, 4.69) is 33.2 Å². The molecule has 2 aromatic carbocycles. The van der Waals surface area contributed by atoms with Crippen molar-refractivity contribution in [2.45, 2.75) is 0 Å². The maximum atomic E-state index is 12.5. The van der Waals surface area contributed by atoms with Crippen molar-refractivity contribution in [1.82, 2.24) is 5.32 Å². The molecule has 0 aromatic heterocycles. The molecule has 0 saturated heterocycles. The quantitative estimate of drug-likeness (QED) is 0.562. The molecule has 7 heteroatoms. The van der Waals surface area contributed by atoms with Crippen LogP contribution in [0.4, 0.5) is 5.69 Å². The number of carbonyl (C=O) groups is 1. The summed E-state index contributed by atoms with van der Waals surface area (Å²) < 4.78 is 11.5. The van der Waals surface area contributed by atoms with Crippen LogP contribution in [0.2, 0.25) is 0 Å². The summed E-state index contributed by atoms with van der Waals surface area (Å²) in [5.41, 5.74) is 1.09. The van der Waals surface area contributed by atoms with Crippen molar-refractivity contribution < 1.29 is 14.3 Å². The molecule has 0 unspecified atom stereocenters. The Labute approximate surface area is 153 Å². The highest BCUT2D eigenvalue weighted by Crippen LogP contribution is 2.27. The molecular formula is C16H15IN2O3S. The zero-order valence-corrected chi connectivity index (χ0v) is 15.5. The Balaban J connectivity index is 2.12. The number of ether oxygens (including phenoxy) is 2. The standard InChI is InChI=1S/C16H15IN2O3S/c1-21-12-4-3-5-13(22-2)14(12)15(20)19-16(23)18-11-8-6-10(17)7-9-11/h3-9H,1-2H3,(H2,18,19,20,23). The first-order chi connectivity index (χ1) is 11.0. The number of thiocarbonyl (C=S) groups is 1. The molecule has 0 radical (unpaired) electrons. The van der Waals surface area contributed by atoms with E-state index < -0.39 is 5.91 Å². The van der Waals surface area contributed by atoms with Gasteiger partial charge >= 0.3 is 0 Å². The van der Waals surface area contributed by atoms with E-state index in [0.717, 1.165) is 9.26 Å². The molecular weight excluding hydrogens is 427 g/mol. The Bertz CT molecular complexity index is 698. The summed E-state index contributed by atoms with van der Waals surface area (Å²) in [7, 11) is 2.99. The van der Waals surface area contributed by atoms with Crippen molar-refractivity contribution in [1.29, 1.82) is 0 Å². The monoisotopic (exact) mass is 442 g/mol. The number of carbonyl (C=O) groups excluding carboxylic acids is 1. The van der Waals surface area contributed by atoms with Gasteiger partial charge < -0.3 is 14.8 Å². The van der Waals surface area contributed by atoms with Crippen LogP contribution in [0.15, 0.2) is 42.5 Å². The van der Waals surface area contributed by atoms with Gasteiger partial charge in [0.05, 0.1) is 14.2 Å². The smallest absolute Gasteiger partial charge is 0.264 e. The van der Waals surface area contributed by atoms with Crippen LogP contribution in [0.1, 0.15) is 10.4 Å². The first-order valence-electron chi connectivity index (χ1n) is 6.64. The highest BCUT2D eigenvalue weighted by Gasteiger charge is 2.19. The Hall–Kier alpha value is -1.87. The molecule has 1 amide bonds. The summed E-state index contributed by atoms with van der Waals surface area (Å²) in [5.74, 6) is 0.431. The molecule has 0 saturated carbocycles. The summed E-state index contributed by atoms with van der Waals surface area (Å²) in [6.07, 6.45) is 0. The van der Waals surface area contributed by atoms with Gasteiger partial charge in [-0.05, 0) is 71.2 Å². The van der Waals surface area contributed by atoms with E-state index in [0.29, 0.717) is 17.1 Å². The van der Waals surface area contributed by atoms with Crippen LogP contribution >= 0.6 is 34.8 Å². The van der Waals surface area contributed by atoms with E-state index >= 15 is 0 Å². The number of halogens is 1. The normalized spacial score (nSPS) is 9.87. The molecule has 0 fully saturated rings. The predicted octanol–water partition coefficient (Wildman–Crippen LogP) is 3.44. The van der Waals surface area contributed by atoms with Gasteiger partial charge in [-0.2, -0.15) is 0 Å². The number of benzene rings is 2. The number of amides is 1. The second kappa shape index (κ2) is 8.11. The van der Waals surface area contributed by atoms with Gasteiger partial charge in [0, 0.05) is 9.26 Å². The van der Waals surface area contributed by atoms with Crippen molar-refractivity contribution in [3.05, 3.63) is 51.6 Å². The first-order valence-corrected chi connectivity index (χ1v) is 8.12. The Morgan fingerprint density at radius 2 is 1.61 bits per heavy atom. The summed E-state index contributed by atoms with van der Waals surface area (Å²) >= 11 is 7.39. The lowest BCUT2D eigenvalue weighted by Crippen LogP contribution is -2.34. The average molecular weight is 442 g/mol. The van der Waals surface area contributed by atoms with Crippen molar-refractivity contribution in [3.63, 3.8) is 0 Å². The summed E-state index contributed by atoms with van der Waals surface area (Å²) in [6, 6.07) is 12.8. The van der Waals surface area contributed by atoms with Crippen molar-refractivity contribution >= 4 is 51.5 Å². The molecule has 0 aliphatic carbocycles. The maximum Gasteiger partial charge on any atom is 0.264 e. The Morgan fingerprint density at radius 1 is 1.04 bits per heavy atom. The van der Waals surface area contributed by atoms with Crippen LogP contribution < -0.4 is 20.1 Å². The first kappa shape index (κ1) is 17.5. The fourth-order valence-corrected chi connectivity index (χ4v) is 2.51. The number of hydrogen-bond donors (Lipinski definition) is 2. The van der Waals surface area contributed by atoms with Gasteiger partial charge in [-0.25, -0.2) is 0 Å². The number of anilines is 1. The molecule has 2 N–H and O–H groups in total. The predicted molar refractivity (Wildman–Crippen MR) is 102 cm³/mol. The molecule has 0 atom stereocenters. The van der Waals surface area contributed by atoms with Crippen molar-refractivity contribution in [2.75, 3.05) is 19.5 Å². The molecule has 0 heterocycles. The minimum Gasteiger partial charge on any atom is -0.496 e. The third kappa shape index (κ3) is 4.55. The lowest BCUT2D eigenvalue weighted by molar-refractivity contribution is 0.0971. The third-order valence-electron chi connectivity index (χ3n) is 2.98. The lowest BCUT2D eigenvalue weighted by atomic mass is 10.1. The SMILES string of the molecule is COc1cccc(OC)c1C(=O)NC(=S)Nc1ccc(I)cc1. The van der Waals surface area contributed by atoms with E-state index in [4.69, 9.17) is 21.7 Å². The minimum atomic E-state index is -0.401. The van der Waals surface area contributed by atoms with Crippen LogP contribution in [0.3, 0.4) is 0 Å². The van der Waals surface area contributed by atoms with Crippen LogP contribution in [-0.2, 0) is 0 Å². The van der Waals surface area contributed by atoms with Gasteiger partial charge in [-0.15, -0.1) is 0 Å². The van der Waals surface area contributed by atoms with Gasteiger partial charge in [0.1, 0.15) is 17.1 Å². The highest BCUT2D eigenvalue weighted by molar-refractivity contribution is 14.1. The molecule has 2 rings (SSSR count). The second-order valence-electron chi connectivity index (χ2n) is 4.45. The number of methoxy groups -OCH3 is 2. The number of hydrogen-bond acceptors (Lipinski definition) is 4. The largest absolute Gasteiger partial charge is 0.496 e. The van der Waals surface area contributed by atoms with Crippen molar-refractivity contribution in [3.8, 4) is 11.5 Å². The highest BCUT2D eigenvalue weighted by atomic mass is 127. The van der Waals surface area contributed by atoms with E-state index in [9.17, 15) is 4.79 Å². The van der Waals surface area contributed by atoms with Crippen molar-refractivity contribution in [2.24, 2.45) is 0 Å². The number of nitrogens with one attached hydrogen (secondary N) is 2. The molecule has 23 heavy (non-hydrogen) atoms. The summed E-state index contributed by atoms with van der Waals surface area (Å²) in [5, 5.41) is 5.79. The third-order valence-corrected chi connectivity index (χ3v) is 3.91. The lowest BCUT2D eigenvalue weighted by Gasteiger charge is -2.14. The Morgan fingerprint density at radius 3 is 2.13 bits per heavy atom. The topological polar surface area (TPSA) is 59.6 Å². The molecule has 120 valence electrons.